The van der Waals surface area contributed by atoms with Crippen molar-refractivity contribution in [3.8, 4) is 0 Å². The maximum atomic E-state index is 11.9. The number of rotatable bonds is 7. The Morgan fingerprint density at radius 3 is 2.83 bits per heavy atom. The lowest BCUT2D eigenvalue weighted by Crippen LogP contribution is -2.38. The van der Waals surface area contributed by atoms with Gasteiger partial charge in [-0.15, -0.1) is 0 Å². The maximum Gasteiger partial charge on any atom is 0.224 e. The molecule has 0 bridgehead atoms. The molecular weight excluding hydrogens is 314 g/mol. The second-order valence-corrected chi connectivity index (χ2v) is 5.77. The van der Waals surface area contributed by atoms with E-state index in [2.05, 4.69) is 21.2 Å². The number of benzene rings is 1. The fraction of sp³-hybridized carbons (Fsp3) is 0.462. The minimum atomic E-state index is -0.00519. The van der Waals surface area contributed by atoms with E-state index < -0.39 is 0 Å². The third kappa shape index (κ3) is 5.42. The molecule has 3 nitrogen and oxygen atoms in total. The van der Waals surface area contributed by atoms with Crippen LogP contribution < -0.4 is 5.32 Å². The van der Waals surface area contributed by atoms with Gasteiger partial charge in [0.2, 0.25) is 5.91 Å². The molecule has 0 fully saturated rings. The summed E-state index contributed by atoms with van der Waals surface area (Å²) in [6.07, 6.45) is 2.95. The molecule has 100 valence electrons. The van der Waals surface area contributed by atoms with Crippen LogP contribution in [0.2, 0.25) is 0 Å². The van der Waals surface area contributed by atoms with Gasteiger partial charge in [0.25, 0.3) is 0 Å². The summed E-state index contributed by atoms with van der Waals surface area (Å²) in [5.74, 6) is 0.817. The van der Waals surface area contributed by atoms with E-state index in [1.54, 1.807) is 11.8 Å². The Balaban J connectivity index is 2.52. The van der Waals surface area contributed by atoms with Crippen molar-refractivity contribution < 1.29 is 9.90 Å². The monoisotopic (exact) mass is 331 g/mol. The molecule has 1 atom stereocenters. The van der Waals surface area contributed by atoms with E-state index >= 15 is 0 Å². The van der Waals surface area contributed by atoms with Gasteiger partial charge in [-0.05, 0) is 24.3 Å². The average molecular weight is 332 g/mol. The first-order valence-electron chi connectivity index (χ1n) is 5.80. The maximum absolute atomic E-state index is 11.9. The van der Waals surface area contributed by atoms with Crippen LogP contribution in [0.5, 0.6) is 0 Å². The largest absolute Gasteiger partial charge is 0.396 e. The fourth-order valence-electron chi connectivity index (χ4n) is 1.65. The smallest absolute Gasteiger partial charge is 0.224 e. The number of aliphatic hydroxyl groups is 1. The Morgan fingerprint density at radius 2 is 2.22 bits per heavy atom. The van der Waals surface area contributed by atoms with Crippen LogP contribution in [0.25, 0.3) is 0 Å². The molecule has 0 saturated carbocycles. The summed E-state index contributed by atoms with van der Waals surface area (Å²) >= 11 is 5.09. The number of halogens is 1. The second-order valence-electron chi connectivity index (χ2n) is 4.00. The SMILES string of the molecule is CSCC(CCO)NC(=O)Cc1ccccc1Br. The molecule has 0 heterocycles. The Labute approximate surface area is 120 Å². The molecule has 0 aromatic heterocycles. The summed E-state index contributed by atoms with van der Waals surface area (Å²) in [4.78, 5) is 11.9. The van der Waals surface area contributed by atoms with Gasteiger partial charge in [0, 0.05) is 22.9 Å². The highest BCUT2D eigenvalue weighted by atomic mass is 79.9. The quantitative estimate of drug-likeness (QED) is 0.805. The van der Waals surface area contributed by atoms with Crippen LogP contribution in [0, 0.1) is 0 Å². The zero-order chi connectivity index (χ0) is 13.4. The zero-order valence-corrected chi connectivity index (χ0v) is 12.8. The van der Waals surface area contributed by atoms with Crippen LogP contribution in [0.3, 0.4) is 0 Å². The van der Waals surface area contributed by atoms with Gasteiger partial charge in [-0.1, -0.05) is 34.1 Å². The fourth-order valence-corrected chi connectivity index (χ4v) is 2.72. The van der Waals surface area contributed by atoms with Crippen molar-refractivity contribution in [2.75, 3.05) is 18.6 Å². The number of nitrogens with one attached hydrogen (secondary N) is 1. The summed E-state index contributed by atoms with van der Waals surface area (Å²) in [6.45, 7) is 0.0978. The summed E-state index contributed by atoms with van der Waals surface area (Å²) < 4.78 is 0.948. The van der Waals surface area contributed by atoms with E-state index in [4.69, 9.17) is 5.11 Å². The van der Waals surface area contributed by atoms with Crippen LogP contribution in [-0.4, -0.2) is 35.7 Å². The Morgan fingerprint density at radius 1 is 1.50 bits per heavy atom. The van der Waals surface area contributed by atoms with Crippen molar-refractivity contribution in [1.82, 2.24) is 5.32 Å². The van der Waals surface area contributed by atoms with Gasteiger partial charge in [0.05, 0.1) is 6.42 Å². The topological polar surface area (TPSA) is 49.3 Å². The predicted molar refractivity (Wildman–Crippen MR) is 79.9 cm³/mol. The van der Waals surface area contributed by atoms with E-state index in [1.165, 1.54) is 0 Å². The van der Waals surface area contributed by atoms with Gasteiger partial charge in [-0.2, -0.15) is 11.8 Å². The molecule has 1 amide bonds. The van der Waals surface area contributed by atoms with Crippen LogP contribution in [0.4, 0.5) is 0 Å². The predicted octanol–water partition coefficient (Wildman–Crippen LogP) is 2.22. The van der Waals surface area contributed by atoms with Crippen molar-refractivity contribution in [1.29, 1.82) is 0 Å². The van der Waals surface area contributed by atoms with Gasteiger partial charge in [-0.3, -0.25) is 4.79 Å². The van der Waals surface area contributed by atoms with Gasteiger partial charge in [0.1, 0.15) is 0 Å². The molecule has 1 aromatic carbocycles. The van der Waals surface area contributed by atoms with Crippen molar-refractivity contribution in [3.05, 3.63) is 34.3 Å². The lowest BCUT2D eigenvalue weighted by atomic mass is 10.1. The lowest BCUT2D eigenvalue weighted by molar-refractivity contribution is -0.121. The summed E-state index contributed by atoms with van der Waals surface area (Å²) in [6, 6.07) is 7.74. The normalized spacial score (nSPS) is 12.2. The van der Waals surface area contributed by atoms with E-state index in [0.29, 0.717) is 12.8 Å². The Hall–Kier alpha value is -0.520. The van der Waals surface area contributed by atoms with Crippen LogP contribution in [0.1, 0.15) is 12.0 Å². The molecular formula is C13H18BrNO2S. The number of thioether (sulfide) groups is 1. The molecule has 1 aromatic rings. The highest BCUT2D eigenvalue weighted by Crippen LogP contribution is 2.16. The average Bonchev–Trinajstić information content (AvgIpc) is 2.33. The van der Waals surface area contributed by atoms with Crippen molar-refractivity contribution in [3.63, 3.8) is 0 Å². The van der Waals surface area contributed by atoms with Crippen LogP contribution in [0.15, 0.2) is 28.7 Å². The van der Waals surface area contributed by atoms with Crippen molar-refractivity contribution in [2.45, 2.75) is 18.9 Å². The highest BCUT2D eigenvalue weighted by molar-refractivity contribution is 9.10. The first kappa shape index (κ1) is 15.5. The molecule has 0 aliphatic heterocycles. The van der Waals surface area contributed by atoms with E-state index in [-0.39, 0.29) is 18.6 Å². The molecule has 0 aliphatic rings. The van der Waals surface area contributed by atoms with Crippen LogP contribution in [-0.2, 0) is 11.2 Å². The van der Waals surface area contributed by atoms with Gasteiger partial charge < -0.3 is 10.4 Å². The molecule has 0 radical (unpaired) electrons. The first-order valence-corrected chi connectivity index (χ1v) is 7.98. The van der Waals surface area contributed by atoms with E-state index in [0.717, 1.165) is 15.8 Å². The summed E-state index contributed by atoms with van der Waals surface area (Å²) in [7, 11) is 0. The molecule has 1 unspecified atom stereocenters. The lowest BCUT2D eigenvalue weighted by Gasteiger charge is -2.16. The Kier molecular flexibility index (Phi) is 7.39. The molecule has 0 spiro atoms. The second kappa shape index (κ2) is 8.56. The van der Waals surface area contributed by atoms with Crippen molar-refractivity contribution >= 4 is 33.6 Å². The summed E-state index contributed by atoms with van der Waals surface area (Å²) in [5.41, 5.74) is 0.974. The minimum absolute atomic E-state index is 0.00519. The van der Waals surface area contributed by atoms with E-state index in [1.807, 2.05) is 30.5 Å². The Bertz CT molecular complexity index is 381. The molecule has 0 aliphatic carbocycles. The van der Waals surface area contributed by atoms with Gasteiger partial charge in [-0.25, -0.2) is 0 Å². The molecule has 2 N–H and O–H groups in total. The standard InChI is InChI=1S/C13H18BrNO2S/c1-18-9-11(6-7-16)15-13(17)8-10-4-2-3-5-12(10)14/h2-5,11,16H,6-9H2,1H3,(H,15,17). The summed E-state index contributed by atoms with van der Waals surface area (Å²) in [5, 5.41) is 11.9. The van der Waals surface area contributed by atoms with Crippen molar-refractivity contribution in [2.24, 2.45) is 0 Å². The third-order valence-electron chi connectivity index (χ3n) is 2.52. The number of carbonyl (C=O) groups excluding carboxylic acids is 1. The van der Waals surface area contributed by atoms with E-state index in [9.17, 15) is 4.79 Å². The molecule has 5 heteroatoms. The number of hydrogen-bond donors (Lipinski definition) is 2. The number of hydrogen-bond acceptors (Lipinski definition) is 3. The molecule has 0 saturated heterocycles. The van der Waals surface area contributed by atoms with Gasteiger partial charge in [0.15, 0.2) is 0 Å². The molecule has 18 heavy (non-hydrogen) atoms. The number of aliphatic hydroxyl groups excluding tert-OH is 1. The highest BCUT2D eigenvalue weighted by Gasteiger charge is 2.12. The third-order valence-corrected chi connectivity index (χ3v) is 4.03. The number of carbonyl (C=O) groups is 1. The minimum Gasteiger partial charge on any atom is -0.396 e. The zero-order valence-electron chi connectivity index (χ0n) is 10.4. The number of amides is 1. The van der Waals surface area contributed by atoms with Crippen LogP contribution >= 0.6 is 27.7 Å². The first-order chi connectivity index (χ1) is 8.67. The van der Waals surface area contributed by atoms with Gasteiger partial charge >= 0.3 is 0 Å². The molecule has 1 rings (SSSR count).